The van der Waals surface area contributed by atoms with E-state index < -0.39 is 0 Å². The first-order valence-electron chi connectivity index (χ1n) is 7.59. The van der Waals surface area contributed by atoms with Crippen molar-refractivity contribution in [3.05, 3.63) is 58.7 Å². The summed E-state index contributed by atoms with van der Waals surface area (Å²) in [5.41, 5.74) is 5.11. The van der Waals surface area contributed by atoms with Gasteiger partial charge in [-0.15, -0.1) is 0 Å². The third kappa shape index (κ3) is 3.77. The zero-order valence-corrected chi connectivity index (χ0v) is 14.0. The van der Waals surface area contributed by atoms with Gasteiger partial charge in [0.2, 0.25) is 0 Å². The highest BCUT2D eigenvalue weighted by molar-refractivity contribution is 6.00. The molecule has 0 saturated heterocycles. The molecule has 0 amide bonds. The maximum atomic E-state index is 11.8. The molecule has 0 atom stereocenters. The highest BCUT2D eigenvalue weighted by Gasteiger charge is 2.10. The van der Waals surface area contributed by atoms with Crippen molar-refractivity contribution in [2.75, 3.05) is 24.7 Å². The SMILES string of the molecule is CNc1ccc(Cc2ccc(NC)c(C(C)=O)c2)cc1C(C)=O. The second-order valence-electron chi connectivity index (χ2n) is 5.55. The van der Waals surface area contributed by atoms with E-state index in [0.717, 1.165) is 22.5 Å². The van der Waals surface area contributed by atoms with E-state index in [1.165, 1.54) is 0 Å². The number of carbonyl (C=O) groups is 2. The molecule has 0 heterocycles. The smallest absolute Gasteiger partial charge is 0.161 e. The number of anilines is 2. The van der Waals surface area contributed by atoms with Crippen LogP contribution in [0.4, 0.5) is 11.4 Å². The molecule has 0 unspecified atom stereocenters. The van der Waals surface area contributed by atoms with Gasteiger partial charge in [0, 0.05) is 36.6 Å². The van der Waals surface area contributed by atoms with Crippen molar-refractivity contribution in [1.29, 1.82) is 0 Å². The van der Waals surface area contributed by atoms with E-state index in [2.05, 4.69) is 10.6 Å². The van der Waals surface area contributed by atoms with Crippen molar-refractivity contribution in [3.63, 3.8) is 0 Å². The van der Waals surface area contributed by atoms with E-state index in [-0.39, 0.29) is 11.6 Å². The molecular formula is C19H22N2O2. The van der Waals surface area contributed by atoms with E-state index >= 15 is 0 Å². The van der Waals surface area contributed by atoms with Gasteiger partial charge in [0.25, 0.3) is 0 Å². The molecule has 0 bridgehead atoms. The Labute approximate surface area is 136 Å². The predicted octanol–water partition coefficient (Wildman–Crippen LogP) is 3.77. The van der Waals surface area contributed by atoms with Gasteiger partial charge in [-0.25, -0.2) is 0 Å². The lowest BCUT2D eigenvalue weighted by Crippen LogP contribution is -2.03. The average Bonchev–Trinajstić information content (AvgIpc) is 2.54. The highest BCUT2D eigenvalue weighted by Crippen LogP contribution is 2.23. The van der Waals surface area contributed by atoms with Gasteiger partial charge >= 0.3 is 0 Å². The van der Waals surface area contributed by atoms with Crippen molar-refractivity contribution in [1.82, 2.24) is 0 Å². The van der Waals surface area contributed by atoms with Crippen molar-refractivity contribution in [3.8, 4) is 0 Å². The van der Waals surface area contributed by atoms with Gasteiger partial charge in [-0.3, -0.25) is 9.59 Å². The number of Topliss-reactive ketones (excluding diaryl/α,β-unsaturated/α-hetero) is 2. The number of hydrogen-bond acceptors (Lipinski definition) is 4. The third-order valence-electron chi connectivity index (χ3n) is 3.87. The summed E-state index contributed by atoms with van der Waals surface area (Å²) in [6.07, 6.45) is 0.675. The lowest BCUT2D eigenvalue weighted by atomic mass is 9.97. The van der Waals surface area contributed by atoms with Crippen LogP contribution in [0.3, 0.4) is 0 Å². The van der Waals surface area contributed by atoms with E-state index in [1.807, 2.05) is 36.4 Å². The number of carbonyl (C=O) groups excluding carboxylic acids is 2. The van der Waals surface area contributed by atoms with Crippen LogP contribution in [-0.2, 0) is 6.42 Å². The molecule has 0 aromatic heterocycles. The van der Waals surface area contributed by atoms with Crippen LogP contribution >= 0.6 is 0 Å². The fourth-order valence-electron chi connectivity index (χ4n) is 2.66. The van der Waals surface area contributed by atoms with Crippen LogP contribution in [0.25, 0.3) is 0 Å². The fraction of sp³-hybridized carbons (Fsp3) is 0.263. The molecule has 2 N–H and O–H groups in total. The predicted molar refractivity (Wildman–Crippen MR) is 94.8 cm³/mol. The van der Waals surface area contributed by atoms with E-state index in [0.29, 0.717) is 17.5 Å². The molecule has 0 spiro atoms. The summed E-state index contributed by atoms with van der Waals surface area (Å²) in [6.45, 7) is 3.13. The maximum absolute atomic E-state index is 11.8. The van der Waals surface area contributed by atoms with E-state index in [1.54, 1.807) is 27.9 Å². The Morgan fingerprint density at radius 3 is 1.48 bits per heavy atom. The van der Waals surface area contributed by atoms with Crippen molar-refractivity contribution >= 4 is 22.9 Å². The first-order chi connectivity index (χ1) is 11.0. The molecule has 0 fully saturated rings. The number of nitrogens with one attached hydrogen (secondary N) is 2. The minimum absolute atomic E-state index is 0.0335. The Bertz CT molecular complexity index is 688. The molecule has 0 radical (unpaired) electrons. The lowest BCUT2D eigenvalue weighted by molar-refractivity contribution is 0.101. The fourth-order valence-corrected chi connectivity index (χ4v) is 2.66. The Hall–Kier alpha value is -2.62. The van der Waals surface area contributed by atoms with Gasteiger partial charge in [-0.1, -0.05) is 12.1 Å². The molecular weight excluding hydrogens is 288 g/mol. The molecule has 23 heavy (non-hydrogen) atoms. The lowest BCUT2D eigenvalue weighted by Gasteiger charge is -2.11. The van der Waals surface area contributed by atoms with Crippen molar-refractivity contribution in [2.45, 2.75) is 20.3 Å². The Morgan fingerprint density at radius 2 is 1.17 bits per heavy atom. The summed E-state index contributed by atoms with van der Waals surface area (Å²) in [5, 5.41) is 6.07. The van der Waals surface area contributed by atoms with Crippen LogP contribution < -0.4 is 10.6 Å². The van der Waals surface area contributed by atoms with Gasteiger partial charge in [0.15, 0.2) is 11.6 Å². The van der Waals surface area contributed by atoms with Crippen molar-refractivity contribution < 1.29 is 9.59 Å². The molecule has 0 aliphatic heterocycles. The Kier molecular flexibility index (Phi) is 5.16. The summed E-state index contributed by atoms with van der Waals surface area (Å²) in [5.74, 6) is 0.0670. The van der Waals surface area contributed by atoms with Gasteiger partial charge in [0.1, 0.15) is 0 Å². The summed E-state index contributed by atoms with van der Waals surface area (Å²) in [4.78, 5) is 23.5. The van der Waals surface area contributed by atoms with Crippen LogP contribution in [0, 0.1) is 0 Å². The molecule has 0 saturated carbocycles. The summed E-state index contributed by atoms with van der Waals surface area (Å²) < 4.78 is 0. The average molecular weight is 310 g/mol. The minimum Gasteiger partial charge on any atom is -0.388 e. The monoisotopic (exact) mass is 310 g/mol. The number of benzene rings is 2. The van der Waals surface area contributed by atoms with Crippen LogP contribution in [0.15, 0.2) is 36.4 Å². The molecule has 120 valence electrons. The highest BCUT2D eigenvalue weighted by atomic mass is 16.1. The summed E-state index contributed by atoms with van der Waals surface area (Å²) >= 11 is 0. The topological polar surface area (TPSA) is 58.2 Å². The molecule has 2 aromatic rings. The molecule has 2 aromatic carbocycles. The molecule has 2 rings (SSSR count). The molecule has 4 nitrogen and oxygen atoms in total. The second-order valence-corrected chi connectivity index (χ2v) is 5.55. The summed E-state index contributed by atoms with van der Waals surface area (Å²) in [6, 6.07) is 11.6. The minimum atomic E-state index is 0.0335. The van der Waals surface area contributed by atoms with E-state index in [9.17, 15) is 9.59 Å². The summed E-state index contributed by atoms with van der Waals surface area (Å²) in [7, 11) is 3.61. The largest absolute Gasteiger partial charge is 0.388 e. The van der Waals surface area contributed by atoms with Crippen LogP contribution in [-0.4, -0.2) is 25.7 Å². The van der Waals surface area contributed by atoms with Crippen LogP contribution in [0.2, 0.25) is 0 Å². The van der Waals surface area contributed by atoms with Gasteiger partial charge in [-0.2, -0.15) is 0 Å². The van der Waals surface area contributed by atoms with E-state index in [4.69, 9.17) is 0 Å². The maximum Gasteiger partial charge on any atom is 0.161 e. The quantitative estimate of drug-likeness (QED) is 0.798. The first-order valence-corrected chi connectivity index (χ1v) is 7.59. The van der Waals surface area contributed by atoms with Gasteiger partial charge < -0.3 is 10.6 Å². The number of rotatable bonds is 6. The zero-order valence-electron chi connectivity index (χ0n) is 14.0. The van der Waals surface area contributed by atoms with Gasteiger partial charge in [0.05, 0.1) is 0 Å². The van der Waals surface area contributed by atoms with Crippen molar-refractivity contribution in [2.24, 2.45) is 0 Å². The van der Waals surface area contributed by atoms with Gasteiger partial charge in [-0.05, 0) is 55.7 Å². The molecule has 0 aliphatic carbocycles. The Morgan fingerprint density at radius 1 is 0.783 bits per heavy atom. The standard InChI is InChI=1S/C19H22N2O2/c1-12(22)16-10-14(5-7-18(16)20-3)9-15-6-8-19(21-4)17(11-15)13(2)23/h5-8,10-11,20-21H,9H2,1-4H3. The second kappa shape index (κ2) is 7.09. The molecule has 0 aliphatic rings. The number of ketones is 2. The zero-order chi connectivity index (χ0) is 17.0. The van der Waals surface area contributed by atoms with Crippen LogP contribution in [0.5, 0.6) is 0 Å². The number of hydrogen-bond donors (Lipinski definition) is 2. The first kappa shape index (κ1) is 16.7. The van der Waals surface area contributed by atoms with Crippen LogP contribution in [0.1, 0.15) is 45.7 Å². The third-order valence-corrected chi connectivity index (χ3v) is 3.87. The molecule has 4 heteroatoms. The Balaban J connectivity index is 2.36. The normalized spacial score (nSPS) is 10.3.